The van der Waals surface area contributed by atoms with Crippen molar-refractivity contribution in [2.75, 3.05) is 5.32 Å². The lowest BCUT2D eigenvalue weighted by atomic mass is 10.1. The van der Waals surface area contributed by atoms with Crippen LogP contribution < -0.4 is 5.32 Å². The van der Waals surface area contributed by atoms with E-state index in [1.54, 1.807) is 12.1 Å². The minimum Gasteiger partial charge on any atom is -0.320 e. The first-order valence-corrected chi connectivity index (χ1v) is 6.74. The normalized spacial score (nSPS) is 10.1. The smallest absolute Gasteiger partial charge is 0.292 e. The standard InChI is InChI=1S/C16H16N2O3/c19-16(12-6-9-13-7-2-1-3-8-13)17-14-10-4-5-11-15(14)18(20)21/h1-5,7-8,10-11H,6,9,12H2,(H,17,19). The van der Waals surface area contributed by atoms with E-state index in [-0.39, 0.29) is 17.3 Å². The maximum Gasteiger partial charge on any atom is 0.292 e. The summed E-state index contributed by atoms with van der Waals surface area (Å²) in [6.45, 7) is 0. The average Bonchev–Trinajstić information content (AvgIpc) is 2.48. The van der Waals surface area contributed by atoms with E-state index >= 15 is 0 Å². The largest absolute Gasteiger partial charge is 0.320 e. The Morgan fingerprint density at radius 2 is 1.71 bits per heavy atom. The summed E-state index contributed by atoms with van der Waals surface area (Å²) in [6.07, 6.45) is 1.85. The maximum atomic E-state index is 11.8. The molecule has 0 fully saturated rings. The Morgan fingerprint density at radius 1 is 1.05 bits per heavy atom. The number of rotatable bonds is 6. The fourth-order valence-corrected chi connectivity index (χ4v) is 2.05. The number of anilines is 1. The SMILES string of the molecule is O=C(CCCc1ccccc1)Nc1ccccc1[N+](=O)[O-]. The van der Waals surface area contributed by atoms with Gasteiger partial charge in [-0.3, -0.25) is 14.9 Å². The molecule has 0 aromatic heterocycles. The topological polar surface area (TPSA) is 72.2 Å². The first-order valence-electron chi connectivity index (χ1n) is 6.74. The third kappa shape index (κ3) is 4.42. The number of nitro benzene ring substituents is 1. The number of nitro groups is 1. The van der Waals surface area contributed by atoms with Crippen molar-refractivity contribution in [3.05, 3.63) is 70.3 Å². The number of para-hydroxylation sites is 2. The second-order valence-corrected chi connectivity index (χ2v) is 4.66. The second kappa shape index (κ2) is 7.19. The van der Waals surface area contributed by atoms with Crippen LogP contribution in [0, 0.1) is 10.1 Å². The highest BCUT2D eigenvalue weighted by Crippen LogP contribution is 2.23. The van der Waals surface area contributed by atoms with E-state index in [4.69, 9.17) is 0 Å². The van der Waals surface area contributed by atoms with E-state index in [2.05, 4.69) is 5.32 Å². The number of hydrogen-bond acceptors (Lipinski definition) is 3. The number of nitrogens with one attached hydrogen (secondary N) is 1. The molecule has 2 aromatic rings. The lowest BCUT2D eigenvalue weighted by Gasteiger charge is -2.06. The van der Waals surface area contributed by atoms with Crippen LogP contribution in [-0.2, 0) is 11.2 Å². The van der Waals surface area contributed by atoms with Gasteiger partial charge in [0.05, 0.1) is 4.92 Å². The molecule has 5 nitrogen and oxygen atoms in total. The number of hydrogen-bond donors (Lipinski definition) is 1. The van der Waals surface area contributed by atoms with E-state index in [0.717, 1.165) is 6.42 Å². The number of aryl methyl sites for hydroxylation is 1. The van der Waals surface area contributed by atoms with Crippen LogP contribution in [0.3, 0.4) is 0 Å². The lowest BCUT2D eigenvalue weighted by Crippen LogP contribution is -2.12. The Labute approximate surface area is 122 Å². The molecule has 2 aromatic carbocycles. The molecule has 5 heteroatoms. The molecule has 0 aliphatic rings. The van der Waals surface area contributed by atoms with Crippen LogP contribution in [0.4, 0.5) is 11.4 Å². The molecule has 0 radical (unpaired) electrons. The zero-order valence-corrected chi connectivity index (χ0v) is 11.5. The monoisotopic (exact) mass is 284 g/mol. The third-order valence-electron chi connectivity index (χ3n) is 3.09. The molecule has 0 spiro atoms. The van der Waals surface area contributed by atoms with Gasteiger partial charge in [-0.05, 0) is 24.5 Å². The molecule has 0 aliphatic heterocycles. The van der Waals surface area contributed by atoms with Crippen molar-refractivity contribution in [2.24, 2.45) is 0 Å². The molecule has 0 atom stereocenters. The summed E-state index contributed by atoms with van der Waals surface area (Å²) in [5.74, 6) is -0.208. The van der Waals surface area contributed by atoms with Gasteiger partial charge in [-0.25, -0.2) is 0 Å². The first-order chi connectivity index (χ1) is 10.2. The Balaban J connectivity index is 1.86. The summed E-state index contributed by atoms with van der Waals surface area (Å²) in [5.41, 5.74) is 1.33. The van der Waals surface area contributed by atoms with Crippen LogP contribution in [0.5, 0.6) is 0 Å². The summed E-state index contributed by atoms with van der Waals surface area (Å²) < 4.78 is 0. The average molecular weight is 284 g/mol. The number of benzene rings is 2. The van der Waals surface area contributed by atoms with Gasteiger partial charge in [-0.2, -0.15) is 0 Å². The van der Waals surface area contributed by atoms with E-state index in [1.807, 2.05) is 30.3 Å². The molecular formula is C16H16N2O3. The predicted octanol–water partition coefficient (Wildman–Crippen LogP) is 3.56. The first kappa shape index (κ1) is 14.7. The van der Waals surface area contributed by atoms with Crippen molar-refractivity contribution in [3.8, 4) is 0 Å². The quantitative estimate of drug-likeness (QED) is 0.651. The highest BCUT2D eigenvalue weighted by atomic mass is 16.6. The number of amides is 1. The Kier molecular flexibility index (Phi) is 5.04. The van der Waals surface area contributed by atoms with Crippen molar-refractivity contribution in [1.29, 1.82) is 0 Å². The predicted molar refractivity (Wildman–Crippen MR) is 81.1 cm³/mol. The molecule has 1 N–H and O–H groups in total. The molecule has 0 saturated heterocycles. The van der Waals surface area contributed by atoms with Gasteiger partial charge in [0.25, 0.3) is 5.69 Å². The summed E-state index contributed by atoms with van der Waals surface area (Å²) in [7, 11) is 0. The summed E-state index contributed by atoms with van der Waals surface area (Å²) >= 11 is 0. The van der Waals surface area contributed by atoms with E-state index in [9.17, 15) is 14.9 Å². The minimum atomic E-state index is -0.500. The fraction of sp³-hybridized carbons (Fsp3) is 0.188. The number of carbonyl (C=O) groups is 1. The molecule has 0 bridgehead atoms. The highest BCUT2D eigenvalue weighted by Gasteiger charge is 2.14. The van der Waals surface area contributed by atoms with E-state index in [1.165, 1.54) is 17.7 Å². The summed E-state index contributed by atoms with van der Waals surface area (Å²) in [4.78, 5) is 22.2. The zero-order chi connectivity index (χ0) is 15.1. The zero-order valence-electron chi connectivity index (χ0n) is 11.5. The van der Waals surface area contributed by atoms with E-state index < -0.39 is 4.92 Å². The van der Waals surface area contributed by atoms with Crippen LogP contribution >= 0.6 is 0 Å². The molecule has 0 saturated carbocycles. The number of carbonyl (C=O) groups excluding carboxylic acids is 1. The van der Waals surface area contributed by atoms with Crippen molar-refractivity contribution < 1.29 is 9.72 Å². The van der Waals surface area contributed by atoms with Gasteiger partial charge in [-0.15, -0.1) is 0 Å². The Hall–Kier alpha value is -2.69. The van der Waals surface area contributed by atoms with Gasteiger partial charge in [-0.1, -0.05) is 42.5 Å². The molecule has 2 rings (SSSR count). The van der Waals surface area contributed by atoms with Crippen molar-refractivity contribution in [1.82, 2.24) is 0 Å². The van der Waals surface area contributed by atoms with Crippen molar-refractivity contribution in [3.63, 3.8) is 0 Å². The maximum absolute atomic E-state index is 11.8. The fourth-order valence-electron chi connectivity index (χ4n) is 2.05. The van der Waals surface area contributed by atoms with Crippen LogP contribution in [-0.4, -0.2) is 10.8 Å². The summed E-state index contributed by atoms with van der Waals surface area (Å²) in [5, 5.41) is 13.5. The van der Waals surface area contributed by atoms with Crippen LogP contribution in [0.1, 0.15) is 18.4 Å². The molecule has 0 aliphatic carbocycles. The Bertz CT molecular complexity index is 626. The van der Waals surface area contributed by atoms with Gasteiger partial charge in [0, 0.05) is 12.5 Å². The van der Waals surface area contributed by atoms with Gasteiger partial charge in [0.1, 0.15) is 5.69 Å². The van der Waals surface area contributed by atoms with E-state index in [0.29, 0.717) is 12.8 Å². The van der Waals surface area contributed by atoms with Crippen LogP contribution in [0.15, 0.2) is 54.6 Å². The summed E-state index contributed by atoms with van der Waals surface area (Å²) in [6, 6.07) is 16.0. The van der Waals surface area contributed by atoms with Gasteiger partial charge in [0.2, 0.25) is 5.91 Å². The van der Waals surface area contributed by atoms with Crippen LogP contribution in [0.2, 0.25) is 0 Å². The minimum absolute atomic E-state index is 0.0890. The molecule has 1 amide bonds. The Morgan fingerprint density at radius 3 is 2.43 bits per heavy atom. The molecular weight excluding hydrogens is 268 g/mol. The lowest BCUT2D eigenvalue weighted by molar-refractivity contribution is -0.383. The van der Waals surface area contributed by atoms with Gasteiger partial charge >= 0.3 is 0 Å². The molecule has 0 heterocycles. The highest BCUT2D eigenvalue weighted by molar-refractivity contribution is 5.92. The van der Waals surface area contributed by atoms with Crippen molar-refractivity contribution >= 4 is 17.3 Å². The van der Waals surface area contributed by atoms with Gasteiger partial charge < -0.3 is 5.32 Å². The van der Waals surface area contributed by atoms with Crippen LogP contribution in [0.25, 0.3) is 0 Å². The number of nitrogens with zero attached hydrogens (tertiary/aromatic N) is 1. The molecule has 21 heavy (non-hydrogen) atoms. The third-order valence-corrected chi connectivity index (χ3v) is 3.09. The van der Waals surface area contributed by atoms with Crippen molar-refractivity contribution in [2.45, 2.75) is 19.3 Å². The second-order valence-electron chi connectivity index (χ2n) is 4.66. The van der Waals surface area contributed by atoms with Gasteiger partial charge in [0.15, 0.2) is 0 Å². The molecule has 108 valence electrons. The molecule has 0 unspecified atom stereocenters.